The van der Waals surface area contributed by atoms with Crippen LogP contribution in [0.25, 0.3) is 0 Å². The molecule has 96 valence electrons. The first-order valence-electron chi connectivity index (χ1n) is 7.24. The number of hydrogen-bond donors (Lipinski definition) is 1. The van der Waals surface area contributed by atoms with Crippen LogP contribution in [-0.2, 0) is 0 Å². The van der Waals surface area contributed by atoms with E-state index in [2.05, 4.69) is 33.0 Å². The molecule has 2 atom stereocenters. The predicted octanol–water partition coefficient (Wildman–Crippen LogP) is 4.37. The molecule has 1 aliphatic rings. The summed E-state index contributed by atoms with van der Waals surface area (Å²) in [7, 11) is 0. The Labute approximate surface area is 102 Å². The summed E-state index contributed by atoms with van der Waals surface area (Å²) in [6.07, 6.45) is 9.85. The molecule has 1 rings (SSSR count). The fraction of sp³-hybridized carbons (Fsp3) is 1.00. The van der Waals surface area contributed by atoms with Crippen LogP contribution in [0.1, 0.15) is 72.6 Å². The van der Waals surface area contributed by atoms with Crippen molar-refractivity contribution < 1.29 is 0 Å². The largest absolute Gasteiger partial charge is 0.314 e. The molecule has 1 saturated heterocycles. The van der Waals surface area contributed by atoms with Gasteiger partial charge in [-0.2, -0.15) is 0 Å². The first-order valence-corrected chi connectivity index (χ1v) is 7.24. The van der Waals surface area contributed by atoms with Crippen molar-refractivity contribution in [3.8, 4) is 0 Å². The zero-order valence-corrected chi connectivity index (χ0v) is 11.8. The van der Waals surface area contributed by atoms with E-state index in [1.165, 1.54) is 51.5 Å². The number of rotatable bonds is 5. The number of hydrogen-bond acceptors (Lipinski definition) is 1. The highest BCUT2D eigenvalue weighted by Gasteiger charge is 2.24. The van der Waals surface area contributed by atoms with Crippen LogP contribution in [0.15, 0.2) is 0 Å². The molecule has 0 aliphatic carbocycles. The minimum Gasteiger partial charge on any atom is -0.314 e. The SMILES string of the molecule is CCCCCC1CCNC(CC(C)(C)C)C1. The number of unbranched alkanes of at least 4 members (excludes halogenated alkanes) is 2. The maximum Gasteiger partial charge on any atom is 0.00746 e. The molecule has 0 bridgehead atoms. The molecule has 0 amide bonds. The summed E-state index contributed by atoms with van der Waals surface area (Å²) in [5.41, 5.74) is 0.475. The molecule has 0 radical (unpaired) electrons. The van der Waals surface area contributed by atoms with Gasteiger partial charge in [0.2, 0.25) is 0 Å². The number of piperidine rings is 1. The summed E-state index contributed by atoms with van der Waals surface area (Å²) in [6, 6.07) is 0.778. The Hall–Kier alpha value is -0.0400. The summed E-state index contributed by atoms with van der Waals surface area (Å²) in [4.78, 5) is 0. The molecule has 1 aliphatic heterocycles. The Morgan fingerprint density at radius 2 is 1.94 bits per heavy atom. The molecule has 0 spiro atoms. The lowest BCUT2D eigenvalue weighted by atomic mass is 9.80. The summed E-state index contributed by atoms with van der Waals surface area (Å²) in [5.74, 6) is 1.00. The fourth-order valence-electron chi connectivity index (χ4n) is 2.94. The van der Waals surface area contributed by atoms with Crippen LogP contribution in [0.3, 0.4) is 0 Å². The third-order valence-corrected chi connectivity index (χ3v) is 3.68. The van der Waals surface area contributed by atoms with E-state index in [0.29, 0.717) is 5.41 Å². The first kappa shape index (κ1) is 14.0. The van der Waals surface area contributed by atoms with Gasteiger partial charge in [0.15, 0.2) is 0 Å². The highest BCUT2D eigenvalue weighted by Crippen LogP contribution is 2.29. The van der Waals surface area contributed by atoms with Crippen LogP contribution in [0.2, 0.25) is 0 Å². The molecule has 0 aromatic heterocycles. The van der Waals surface area contributed by atoms with E-state index in [4.69, 9.17) is 0 Å². The molecule has 0 saturated carbocycles. The topological polar surface area (TPSA) is 12.0 Å². The normalized spacial score (nSPS) is 27.0. The van der Waals surface area contributed by atoms with Gasteiger partial charge in [-0.1, -0.05) is 53.4 Å². The second-order valence-corrected chi connectivity index (χ2v) is 6.80. The van der Waals surface area contributed by atoms with Gasteiger partial charge in [-0.3, -0.25) is 0 Å². The van der Waals surface area contributed by atoms with E-state index >= 15 is 0 Å². The highest BCUT2D eigenvalue weighted by molar-refractivity contribution is 4.82. The van der Waals surface area contributed by atoms with Gasteiger partial charge in [0.05, 0.1) is 0 Å². The standard InChI is InChI=1S/C15H31N/c1-5-6-7-8-13-9-10-16-14(11-13)12-15(2,3)4/h13-14,16H,5-12H2,1-4H3. The van der Waals surface area contributed by atoms with Crippen LogP contribution in [0, 0.1) is 11.3 Å². The van der Waals surface area contributed by atoms with Gasteiger partial charge in [-0.25, -0.2) is 0 Å². The van der Waals surface area contributed by atoms with E-state index in [9.17, 15) is 0 Å². The Bertz CT molecular complexity index is 180. The van der Waals surface area contributed by atoms with E-state index < -0.39 is 0 Å². The molecular formula is C15H31N. The second-order valence-electron chi connectivity index (χ2n) is 6.80. The minimum atomic E-state index is 0.475. The van der Waals surface area contributed by atoms with Crippen LogP contribution >= 0.6 is 0 Å². The van der Waals surface area contributed by atoms with Crippen molar-refractivity contribution >= 4 is 0 Å². The van der Waals surface area contributed by atoms with Crippen molar-refractivity contribution in [3.63, 3.8) is 0 Å². The molecule has 1 N–H and O–H groups in total. The summed E-state index contributed by atoms with van der Waals surface area (Å²) < 4.78 is 0. The van der Waals surface area contributed by atoms with Gasteiger partial charge in [0, 0.05) is 6.04 Å². The quantitative estimate of drug-likeness (QED) is 0.685. The van der Waals surface area contributed by atoms with Crippen LogP contribution in [-0.4, -0.2) is 12.6 Å². The van der Waals surface area contributed by atoms with Gasteiger partial charge in [-0.15, -0.1) is 0 Å². The van der Waals surface area contributed by atoms with Crippen LogP contribution in [0.4, 0.5) is 0 Å². The molecule has 1 heterocycles. The summed E-state index contributed by atoms with van der Waals surface area (Å²) in [6.45, 7) is 10.6. The van der Waals surface area contributed by atoms with Crippen molar-refractivity contribution in [1.82, 2.24) is 5.32 Å². The Morgan fingerprint density at radius 3 is 2.56 bits per heavy atom. The summed E-state index contributed by atoms with van der Waals surface area (Å²) >= 11 is 0. The smallest absolute Gasteiger partial charge is 0.00746 e. The van der Waals surface area contributed by atoms with Crippen molar-refractivity contribution in [3.05, 3.63) is 0 Å². The Kier molecular flexibility index (Phi) is 5.82. The molecule has 1 nitrogen and oxygen atoms in total. The van der Waals surface area contributed by atoms with E-state index in [0.717, 1.165) is 12.0 Å². The maximum atomic E-state index is 3.70. The third-order valence-electron chi connectivity index (χ3n) is 3.68. The zero-order valence-electron chi connectivity index (χ0n) is 11.8. The molecule has 0 aromatic carbocycles. The van der Waals surface area contributed by atoms with Gasteiger partial charge in [0.25, 0.3) is 0 Å². The highest BCUT2D eigenvalue weighted by atomic mass is 14.9. The number of nitrogens with one attached hydrogen (secondary N) is 1. The Balaban J connectivity index is 2.24. The minimum absolute atomic E-state index is 0.475. The molecular weight excluding hydrogens is 194 g/mol. The van der Waals surface area contributed by atoms with Crippen molar-refractivity contribution in [1.29, 1.82) is 0 Å². The van der Waals surface area contributed by atoms with E-state index in [1.54, 1.807) is 0 Å². The van der Waals surface area contributed by atoms with E-state index in [-0.39, 0.29) is 0 Å². The van der Waals surface area contributed by atoms with E-state index in [1.807, 2.05) is 0 Å². The maximum absolute atomic E-state index is 3.70. The second kappa shape index (κ2) is 6.64. The fourth-order valence-corrected chi connectivity index (χ4v) is 2.94. The lowest BCUT2D eigenvalue weighted by Crippen LogP contribution is -2.40. The summed E-state index contributed by atoms with van der Waals surface area (Å²) in [5, 5.41) is 3.70. The monoisotopic (exact) mass is 225 g/mol. The van der Waals surface area contributed by atoms with Crippen molar-refractivity contribution in [2.75, 3.05) is 6.54 Å². The van der Waals surface area contributed by atoms with Gasteiger partial charge in [0.1, 0.15) is 0 Å². The lowest BCUT2D eigenvalue weighted by molar-refractivity contribution is 0.222. The van der Waals surface area contributed by atoms with Gasteiger partial charge >= 0.3 is 0 Å². The Morgan fingerprint density at radius 1 is 1.19 bits per heavy atom. The molecule has 2 unspecified atom stereocenters. The average Bonchev–Trinajstić information content (AvgIpc) is 2.16. The van der Waals surface area contributed by atoms with Crippen molar-refractivity contribution in [2.45, 2.75) is 78.7 Å². The first-order chi connectivity index (χ1) is 7.51. The van der Waals surface area contributed by atoms with Gasteiger partial charge < -0.3 is 5.32 Å². The van der Waals surface area contributed by atoms with Crippen LogP contribution in [0.5, 0.6) is 0 Å². The van der Waals surface area contributed by atoms with Crippen molar-refractivity contribution in [2.24, 2.45) is 11.3 Å². The molecule has 1 heteroatoms. The zero-order chi connectivity index (χ0) is 12.0. The van der Waals surface area contributed by atoms with Crippen LogP contribution < -0.4 is 5.32 Å². The average molecular weight is 225 g/mol. The molecule has 16 heavy (non-hydrogen) atoms. The molecule has 0 aromatic rings. The lowest BCUT2D eigenvalue weighted by Gasteiger charge is -2.34. The third kappa shape index (κ3) is 5.89. The predicted molar refractivity (Wildman–Crippen MR) is 72.7 cm³/mol. The molecule has 1 fully saturated rings. The van der Waals surface area contributed by atoms with Gasteiger partial charge in [-0.05, 0) is 37.1 Å².